The summed E-state index contributed by atoms with van der Waals surface area (Å²) in [7, 11) is 0. The Labute approximate surface area is 211 Å². The van der Waals surface area contributed by atoms with E-state index in [2.05, 4.69) is 20.9 Å². The molecule has 0 saturated carbocycles. The lowest BCUT2D eigenvalue weighted by molar-refractivity contribution is -0.143. The van der Waals surface area contributed by atoms with E-state index >= 15 is 0 Å². The maximum Gasteiger partial charge on any atom is 0.326 e. The number of carboxylic acids is 1. The van der Waals surface area contributed by atoms with E-state index < -0.39 is 60.2 Å². The second-order valence-corrected chi connectivity index (χ2v) is 9.19. The van der Waals surface area contributed by atoms with Crippen LogP contribution in [0.3, 0.4) is 0 Å². The number of nitrogens with one attached hydrogen (secondary N) is 3. The van der Waals surface area contributed by atoms with Crippen molar-refractivity contribution in [3.8, 4) is 0 Å². The van der Waals surface area contributed by atoms with E-state index in [1.807, 2.05) is 20.8 Å². The maximum absolute atomic E-state index is 13.2. The van der Waals surface area contributed by atoms with Gasteiger partial charge in [0.25, 0.3) is 0 Å². The molecule has 5 atom stereocenters. The minimum absolute atomic E-state index is 0.0469. The van der Waals surface area contributed by atoms with Gasteiger partial charge < -0.3 is 44.0 Å². The van der Waals surface area contributed by atoms with Crippen molar-refractivity contribution in [2.24, 2.45) is 39.8 Å². The van der Waals surface area contributed by atoms with Gasteiger partial charge in [0.05, 0.1) is 12.5 Å². The molecule has 14 heteroatoms. The Bertz CT molecular complexity index is 799. The molecule has 36 heavy (non-hydrogen) atoms. The lowest BCUT2D eigenvalue weighted by atomic mass is 9.96. The zero-order valence-electron chi connectivity index (χ0n) is 21.5. The second-order valence-electron chi connectivity index (χ2n) is 9.19. The van der Waals surface area contributed by atoms with E-state index in [4.69, 9.17) is 22.9 Å². The molecule has 0 saturated heterocycles. The number of guanidine groups is 1. The molecule has 0 aromatic heterocycles. The first-order valence-corrected chi connectivity index (χ1v) is 11.9. The zero-order chi connectivity index (χ0) is 28.0. The summed E-state index contributed by atoms with van der Waals surface area (Å²) in [5, 5.41) is 16.8. The summed E-state index contributed by atoms with van der Waals surface area (Å²) in [5.74, 6) is -4.64. The first-order chi connectivity index (χ1) is 16.7. The molecule has 0 bridgehead atoms. The standard InChI is InChI=1S/C22H42N8O6/c1-5-12(4)17(30-18(32)13(23)9-11(2)3)20(34)28-14(7-6-8-27-22(25)26)19(33)29-15(21(35)36)10-16(24)31/h11-15,17H,5-10,23H2,1-4H3,(H2,24,31)(H,28,34)(H,29,33)(H,30,32)(H,35,36)(H4,25,26,27). The van der Waals surface area contributed by atoms with Gasteiger partial charge in [0.15, 0.2) is 5.96 Å². The van der Waals surface area contributed by atoms with Gasteiger partial charge in [-0.3, -0.25) is 24.2 Å². The van der Waals surface area contributed by atoms with Crippen LogP contribution in [-0.2, 0) is 24.0 Å². The molecule has 4 amide bonds. The van der Waals surface area contributed by atoms with Crippen molar-refractivity contribution in [3.05, 3.63) is 0 Å². The number of aliphatic carboxylic acids is 1. The molecule has 0 aromatic rings. The SMILES string of the molecule is CCC(C)C(NC(=O)C(N)CC(C)C)C(=O)NC(CCCN=C(N)N)C(=O)NC(CC(N)=O)C(=O)O. The van der Waals surface area contributed by atoms with E-state index in [0.29, 0.717) is 12.8 Å². The molecule has 14 nitrogen and oxygen atoms in total. The number of nitrogens with zero attached hydrogens (tertiary/aromatic N) is 1. The summed E-state index contributed by atoms with van der Waals surface area (Å²) in [4.78, 5) is 65.1. The van der Waals surface area contributed by atoms with Crippen LogP contribution >= 0.6 is 0 Å². The molecule has 0 fully saturated rings. The van der Waals surface area contributed by atoms with Gasteiger partial charge >= 0.3 is 5.97 Å². The molecule has 206 valence electrons. The molecule has 0 aliphatic carbocycles. The summed E-state index contributed by atoms with van der Waals surface area (Å²) in [5.41, 5.74) is 21.6. The third kappa shape index (κ3) is 12.9. The highest BCUT2D eigenvalue weighted by Gasteiger charge is 2.32. The Morgan fingerprint density at radius 1 is 0.889 bits per heavy atom. The van der Waals surface area contributed by atoms with Crippen LogP contribution < -0.4 is 38.9 Å². The summed E-state index contributed by atoms with van der Waals surface area (Å²) in [6, 6.07) is -4.58. The fourth-order valence-electron chi connectivity index (χ4n) is 3.28. The molecule has 0 rings (SSSR count). The lowest BCUT2D eigenvalue weighted by Gasteiger charge is -2.28. The Morgan fingerprint density at radius 2 is 1.47 bits per heavy atom. The van der Waals surface area contributed by atoms with Gasteiger partial charge in [-0.05, 0) is 31.1 Å². The Hall–Kier alpha value is -3.42. The Balaban J connectivity index is 5.70. The average molecular weight is 515 g/mol. The van der Waals surface area contributed by atoms with Crippen LogP contribution in [0.2, 0.25) is 0 Å². The minimum Gasteiger partial charge on any atom is -0.480 e. The number of carboxylic acid groups (broad SMARTS) is 1. The first kappa shape index (κ1) is 32.6. The van der Waals surface area contributed by atoms with Crippen LogP contribution in [0.1, 0.15) is 59.8 Å². The van der Waals surface area contributed by atoms with E-state index in [1.165, 1.54) is 0 Å². The monoisotopic (exact) mass is 514 g/mol. The zero-order valence-corrected chi connectivity index (χ0v) is 21.5. The summed E-state index contributed by atoms with van der Waals surface area (Å²) >= 11 is 0. The molecule has 0 spiro atoms. The molecule has 12 N–H and O–H groups in total. The molecular weight excluding hydrogens is 472 g/mol. The molecule has 5 unspecified atom stereocenters. The summed E-state index contributed by atoms with van der Waals surface area (Å²) in [6.45, 7) is 7.59. The molecule has 0 aliphatic heterocycles. The van der Waals surface area contributed by atoms with Crippen LogP contribution in [0, 0.1) is 11.8 Å². The minimum atomic E-state index is -1.58. The molecule has 0 aromatic carbocycles. The van der Waals surface area contributed by atoms with Gasteiger partial charge in [-0.15, -0.1) is 0 Å². The molecule has 0 heterocycles. The van der Waals surface area contributed by atoms with Crippen LogP contribution in [-0.4, -0.2) is 71.4 Å². The van der Waals surface area contributed by atoms with Crippen molar-refractivity contribution in [2.75, 3.05) is 6.54 Å². The fourth-order valence-corrected chi connectivity index (χ4v) is 3.28. The molecule has 0 radical (unpaired) electrons. The second kappa shape index (κ2) is 16.3. The Morgan fingerprint density at radius 3 is 1.94 bits per heavy atom. The van der Waals surface area contributed by atoms with Crippen molar-refractivity contribution < 1.29 is 29.1 Å². The van der Waals surface area contributed by atoms with Crippen molar-refractivity contribution >= 4 is 35.6 Å². The Kier molecular flexibility index (Phi) is 14.7. The highest BCUT2D eigenvalue weighted by atomic mass is 16.4. The first-order valence-electron chi connectivity index (χ1n) is 11.9. The van der Waals surface area contributed by atoms with E-state index in [-0.39, 0.29) is 37.2 Å². The number of nitrogens with two attached hydrogens (primary N) is 4. The third-order valence-electron chi connectivity index (χ3n) is 5.45. The number of aliphatic imine (C=N–C) groups is 1. The van der Waals surface area contributed by atoms with Gasteiger partial charge in [0, 0.05) is 6.54 Å². The highest BCUT2D eigenvalue weighted by molar-refractivity contribution is 5.95. The summed E-state index contributed by atoms with van der Waals surface area (Å²) < 4.78 is 0. The van der Waals surface area contributed by atoms with E-state index in [1.54, 1.807) is 6.92 Å². The van der Waals surface area contributed by atoms with E-state index in [9.17, 15) is 29.1 Å². The van der Waals surface area contributed by atoms with Gasteiger partial charge in [-0.25, -0.2) is 4.79 Å². The van der Waals surface area contributed by atoms with Gasteiger partial charge in [-0.1, -0.05) is 34.1 Å². The number of carbonyl (C=O) groups excluding carboxylic acids is 4. The quantitative estimate of drug-likeness (QED) is 0.0598. The van der Waals surface area contributed by atoms with Gasteiger partial charge in [-0.2, -0.15) is 0 Å². The van der Waals surface area contributed by atoms with Crippen molar-refractivity contribution in [2.45, 2.75) is 84.0 Å². The smallest absolute Gasteiger partial charge is 0.326 e. The van der Waals surface area contributed by atoms with Crippen LogP contribution in [0.4, 0.5) is 0 Å². The topological polar surface area (TPSA) is 258 Å². The van der Waals surface area contributed by atoms with Gasteiger partial charge in [0.2, 0.25) is 23.6 Å². The van der Waals surface area contributed by atoms with E-state index in [0.717, 1.165) is 0 Å². The summed E-state index contributed by atoms with van der Waals surface area (Å²) in [6.07, 6.45) is 0.648. The normalized spacial score (nSPS) is 15.1. The number of carbonyl (C=O) groups is 5. The highest BCUT2D eigenvalue weighted by Crippen LogP contribution is 2.11. The predicted octanol–water partition coefficient (Wildman–Crippen LogP) is -2.13. The largest absolute Gasteiger partial charge is 0.480 e. The number of amides is 4. The van der Waals surface area contributed by atoms with Crippen LogP contribution in [0.25, 0.3) is 0 Å². The maximum atomic E-state index is 13.2. The average Bonchev–Trinajstić information content (AvgIpc) is 2.76. The molecular formula is C22H42N8O6. The van der Waals surface area contributed by atoms with Crippen molar-refractivity contribution in [3.63, 3.8) is 0 Å². The van der Waals surface area contributed by atoms with Crippen LogP contribution in [0.5, 0.6) is 0 Å². The van der Waals surface area contributed by atoms with Crippen molar-refractivity contribution in [1.29, 1.82) is 0 Å². The van der Waals surface area contributed by atoms with Crippen molar-refractivity contribution in [1.82, 2.24) is 16.0 Å². The predicted molar refractivity (Wildman–Crippen MR) is 134 cm³/mol. The number of rotatable bonds is 17. The molecule has 0 aliphatic rings. The number of primary amides is 1. The van der Waals surface area contributed by atoms with Gasteiger partial charge in [0.1, 0.15) is 18.1 Å². The van der Waals surface area contributed by atoms with Crippen LogP contribution in [0.15, 0.2) is 4.99 Å². The fraction of sp³-hybridized carbons (Fsp3) is 0.727. The lowest BCUT2D eigenvalue weighted by Crippen LogP contribution is -2.58. The number of hydrogen-bond acceptors (Lipinski definition) is 7. The third-order valence-corrected chi connectivity index (χ3v) is 5.45. The number of hydrogen-bond donors (Lipinski definition) is 8.